The number of hydrogen-bond acceptors (Lipinski definition) is 6. The van der Waals surface area contributed by atoms with Gasteiger partial charge in [-0.25, -0.2) is 0 Å². The Kier molecular flexibility index (Phi) is 5.74. The number of carbonyl (C=O) groups excluding carboxylic acids is 1. The summed E-state index contributed by atoms with van der Waals surface area (Å²) < 4.78 is 11.7. The lowest BCUT2D eigenvalue weighted by Crippen LogP contribution is -2.41. The molecule has 0 radical (unpaired) electrons. The highest BCUT2D eigenvalue weighted by atomic mass is 16.5. The normalized spacial score (nSPS) is 31.3. The summed E-state index contributed by atoms with van der Waals surface area (Å²) in [6.07, 6.45) is 4.51. The van der Waals surface area contributed by atoms with Crippen LogP contribution >= 0.6 is 0 Å². The molecule has 0 spiro atoms. The molecule has 1 saturated heterocycles. The summed E-state index contributed by atoms with van der Waals surface area (Å²) in [5.74, 6) is 1.48. The van der Waals surface area contributed by atoms with Gasteiger partial charge in [0, 0.05) is 19.4 Å². The van der Waals surface area contributed by atoms with Crippen LogP contribution in [0.3, 0.4) is 0 Å². The Morgan fingerprint density at radius 1 is 1.40 bits per heavy atom. The lowest BCUT2D eigenvalue weighted by Gasteiger charge is -2.31. The van der Waals surface area contributed by atoms with Crippen LogP contribution in [0, 0.1) is 5.92 Å². The first-order valence-corrected chi connectivity index (χ1v) is 9.44. The molecular formula is C18H29N3O4. The minimum absolute atomic E-state index is 0.115. The van der Waals surface area contributed by atoms with Gasteiger partial charge in [-0.15, -0.1) is 10.2 Å². The topological polar surface area (TPSA) is 88.7 Å². The monoisotopic (exact) mass is 351 g/mol. The maximum absolute atomic E-state index is 12.9. The van der Waals surface area contributed by atoms with Crippen LogP contribution in [0.2, 0.25) is 0 Å². The van der Waals surface area contributed by atoms with Gasteiger partial charge in [0.15, 0.2) is 0 Å². The van der Waals surface area contributed by atoms with Crippen molar-refractivity contribution in [1.29, 1.82) is 0 Å². The van der Waals surface area contributed by atoms with Crippen LogP contribution in [0.25, 0.3) is 0 Å². The number of hydrogen-bond donors (Lipinski definition) is 1. The third-order valence-electron chi connectivity index (χ3n) is 5.26. The molecule has 0 aromatic carbocycles. The van der Waals surface area contributed by atoms with E-state index in [9.17, 15) is 9.90 Å². The molecule has 1 aliphatic heterocycles. The van der Waals surface area contributed by atoms with E-state index in [-0.39, 0.29) is 24.6 Å². The molecule has 7 nitrogen and oxygen atoms in total. The summed E-state index contributed by atoms with van der Waals surface area (Å²) in [4.78, 5) is 14.5. The molecule has 2 heterocycles. The van der Waals surface area contributed by atoms with Crippen molar-refractivity contribution in [2.45, 2.75) is 83.6 Å². The summed E-state index contributed by atoms with van der Waals surface area (Å²) in [5, 5.41) is 18.1. The van der Waals surface area contributed by atoms with Crippen LogP contribution in [0.1, 0.15) is 70.7 Å². The van der Waals surface area contributed by atoms with Crippen molar-refractivity contribution in [1.82, 2.24) is 15.1 Å². The number of aromatic nitrogens is 2. The van der Waals surface area contributed by atoms with Gasteiger partial charge in [-0.2, -0.15) is 0 Å². The zero-order valence-corrected chi connectivity index (χ0v) is 15.4. The van der Waals surface area contributed by atoms with Crippen LogP contribution in [-0.4, -0.2) is 51.0 Å². The fourth-order valence-corrected chi connectivity index (χ4v) is 3.92. The number of nitrogens with zero attached hydrogens (tertiary/aromatic N) is 3. The standard InChI is InChI=1S/C18H29N3O4/c1-4-16-19-20-17(25-16)15-9-13(22)10-21(15)18(23)12(3)24-14-7-5-6-11(2)8-14/h11-15,22H,4-10H2,1-3H3/t11?,12?,13-,14?,15-/m1/s1. The second-order valence-electron chi connectivity index (χ2n) is 7.46. The number of rotatable bonds is 5. The zero-order chi connectivity index (χ0) is 18.0. The molecule has 2 aliphatic rings. The highest BCUT2D eigenvalue weighted by Gasteiger charge is 2.40. The Balaban J connectivity index is 1.66. The first kappa shape index (κ1) is 18.3. The van der Waals surface area contributed by atoms with Gasteiger partial charge in [0.2, 0.25) is 11.8 Å². The van der Waals surface area contributed by atoms with Crippen molar-refractivity contribution in [2.75, 3.05) is 6.54 Å². The van der Waals surface area contributed by atoms with Crippen molar-refractivity contribution in [2.24, 2.45) is 5.92 Å². The number of likely N-dealkylation sites (tertiary alicyclic amines) is 1. The lowest BCUT2D eigenvalue weighted by atomic mass is 9.88. The number of aryl methyl sites for hydroxylation is 1. The number of ether oxygens (including phenoxy) is 1. The van der Waals surface area contributed by atoms with Crippen LogP contribution in [0.5, 0.6) is 0 Å². The minimum atomic E-state index is -0.576. The number of β-amino-alcohol motifs (C(OH)–C–C–N with tert-alkyl or cyclic N) is 1. The van der Waals surface area contributed by atoms with E-state index in [1.807, 2.05) is 6.92 Å². The summed E-state index contributed by atoms with van der Waals surface area (Å²) in [5.41, 5.74) is 0. The van der Waals surface area contributed by atoms with E-state index < -0.39 is 12.2 Å². The third-order valence-corrected chi connectivity index (χ3v) is 5.26. The van der Waals surface area contributed by atoms with E-state index in [2.05, 4.69) is 17.1 Å². The molecule has 1 saturated carbocycles. The van der Waals surface area contributed by atoms with Gasteiger partial charge in [-0.1, -0.05) is 26.7 Å². The van der Waals surface area contributed by atoms with E-state index in [1.54, 1.807) is 11.8 Å². The van der Waals surface area contributed by atoms with Gasteiger partial charge in [0.1, 0.15) is 12.1 Å². The molecule has 0 bridgehead atoms. The van der Waals surface area contributed by atoms with Gasteiger partial charge >= 0.3 is 0 Å². The number of aliphatic hydroxyl groups is 1. The number of aliphatic hydroxyl groups excluding tert-OH is 1. The van der Waals surface area contributed by atoms with E-state index in [1.165, 1.54) is 6.42 Å². The highest BCUT2D eigenvalue weighted by molar-refractivity contribution is 5.81. The quantitative estimate of drug-likeness (QED) is 0.875. The predicted molar refractivity (Wildman–Crippen MR) is 90.7 cm³/mol. The molecular weight excluding hydrogens is 322 g/mol. The van der Waals surface area contributed by atoms with Gasteiger partial charge in [0.25, 0.3) is 5.91 Å². The van der Waals surface area contributed by atoms with Crippen molar-refractivity contribution in [3.63, 3.8) is 0 Å². The summed E-state index contributed by atoms with van der Waals surface area (Å²) >= 11 is 0. The molecule has 5 atom stereocenters. The lowest BCUT2D eigenvalue weighted by molar-refractivity contribution is -0.149. The third kappa shape index (κ3) is 4.20. The molecule has 1 aliphatic carbocycles. The van der Waals surface area contributed by atoms with Gasteiger partial charge in [-0.3, -0.25) is 4.79 Å². The SMILES string of the molecule is CCc1nnc([C@H]2C[C@@H](O)CN2C(=O)C(C)OC2CCCC(C)C2)o1. The first-order valence-electron chi connectivity index (χ1n) is 9.44. The molecule has 25 heavy (non-hydrogen) atoms. The van der Waals surface area contributed by atoms with Gasteiger partial charge in [0.05, 0.1) is 12.2 Å². The maximum Gasteiger partial charge on any atom is 0.252 e. The van der Waals surface area contributed by atoms with Crippen LogP contribution < -0.4 is 0 Å². The molecule has 1 aromatic heterocycles. The Hall–Kier alpha value is -1.47. The molecule has 1 amide bonds. The largest absolute Gasteiger partial charge is 0.423 e. The second kappa shape index (κ2) is 7.83. The van der Waals surface area contributed by atoms with E-state index in [4.69, 9.17) is 9.15 Å². The smallest absolute Gasteiger partial charge is 0.252 e. The van der Waals surface area contributed by atoms with Gasteiger partial charge < -0.3 is 19.2 Å². The second-order valence-corrected chi connectivity index (χ2v) is 7.46. The highest BCUT2D eigenvalue weighted by Crippen LogP contribution is 2.33. The fraction of sp³-hybridized carbons (Fsp3) is 0.833. The fourth-order valence-electron chi connectivity index (χ4n) is 3.92. The molecule has 7 heteroatoms. The molecule has 2 fully saturated rings. The summed E-state index contributed by atoms with van der Waals surface area (Å²) in [6.45, 7) is 6.25. The van der Waals surface area contributed by atoms with E-state index in [0.717, 1.165) is 19.3 Å². The van der Waals surface area contributed by atoms with Crippen molar-refractivity contribution in [3.8, 4) is 0 Å². The Bertz CT molecular complexity index is 591. The van der Waals surface area contributed by atoms with Gasteiger partial charge in [-0.05, 0) is 25.7 Å². The Labute approximate surface area is 148 Å². The molecule has 3 unspecified atom stereocenters. The average Bonchev–Trinajstić information content (AvgIpc) is 3.20. The number of amides is 1. The Morgan fingerprint density at radius 3 is 2.88 bits per heavy atom. The van der Waals surface area contributed by atoms with Crippen molar-refractivity contribution < 1.29 is 19.1 Å². The van der Waals surface area contributed by atoms with Crippen LogP contribution in [0.4, 0.5) is 0 Å². The zero-order valence-electron chi connectivity index (χ0n) is 15.4. The molecule has 1 N–H and O–H groups in total. The average molecular weight is 351 g/mol. The summed E-state index contributed by atoms with van der Waals surface area (Å²) in [6, 6.07) is -0.369. The Morgan fingerprint density at radius 2 is 2.20 bits per heavy atom. The van der Waals surface area contributed by atoms with E-state index >= 15 is 0 Å². The van der Waals surface area contributed by atoms with Crippen molar-refractivity contribution in [3.05, 3.63) is 11.8 Å². The van der Waals surface area contributed by atoms with E-state index in [0.29, 0.717) is 30.5 Å². The van der Waals surface area contributed by atoms with Crippen LogP contribution in [0.15, 0.2) is 4.42 Å². The number of carbonyl (C=O) groups is 1. The summed E-state index contributed by atoms with van der Waals surface area (Å²) in [7, 11) is 0. The van der Waals surface area contributed by atoms with Crippen LogP contribution in [-0.2, 0) is 16.0 Å². The predicted octanol–water partition coefficient (Wildman–Crippen LogP) is 2.25. The molecule has 1 aromatic rings. The van der Waals surface area contributed by atoms with Crippen molar-refractivity contribution >= 4 is 5.91 Å². The molecule has 3 rings (SSSR count). The first-order chi connectivity index (χ1) is 12.0. The minimum Gasteiger partial charge on any atom is -0.423 e. The molecule has 140 valence electrons. The maximum atomic E-state index is 12.9.